The van der Waals surface area contributed by atoms with Crippen LogP contribution in [0, 0.1) is 11.8 Å². The first kappa shape index (κ1) is 33.6. The Morgan fingerprint density at radius 1 is 0.953 bits per heavy atom. The Labute approximate surface area is 247 Å². The first-order valence-corrected chi connectivity index (χ1v) is 14.1. The molecule has 16 nitrogen and oxygen atoms in total. The third kappa shape index (κ3) is 9.56. The zero-order chi connectivity index (χ0) is 31.7. The molecule has 2 aromatic rings. The molecule has 1 aliphatic heterocycles. The highest BCUT2D eigenvalue weighted by atomic mass is 16.6. The molecule has 0 aliphatic carbocycles. The van der Waals surface area contributed by atoms with Gasteiger partial charge in [-0.1, -0.05) is 27.7 Å². The highest BCUT2D eigenvalue weighted by Crippen LogP contribution is 2.30. The Kier molecular flexibility index (Phi) is 12.1. The standard InChI is InChI=1S/C27H40N6O10/c1-14(2)21(28)26(37)40-10-17(11-41-27(38)22(29)15(3)4)43-20(35)8-7-19(34)39-9-16-5-6-18(42-16)33-13-32-23-24(33)30-12-31-25(23)36/h12-18,21-22H,5-11,28-29H2,1-4H3,(H,30,31,36)/t16-,18+,21-,22-/m0/s1. The molecular formula is C27H40N6O10. The van der Waals surface area contributed by atoms with Crippen molar-refractivity contribution in [1.82, 2.24) is 19.5 Å². The molecule has 4 atom stereocenters. The van der Waals surface area contributed by atoms with E-state index in [2.05, 4.69) is 15.0 Å². The summed E-state index contributed by atoms with van der Waals surface area (Å²) in [5.74, 6) is -3.21. The predicted octanol–water partition coefficient (Wildman–Crippen LogP) is 0.0854. The number of aromatic nitrogens is 4. The molecule has 1 aliphatic rings. The Morgan fingerprint density at radius 2 is 1.56 bits per heavy atom. The van der Waals surface area contributed by atoms with E-state index < -0.39 is 67.6 Å². The van der Waals surface area contributed by atoms with Gasteiger partial charge in [0.25, 0.3) is 5.56 Å². The van der Waals surface area contributed by atoms with E-state index in [0.29, 0.717) is 18.5 Å². The van der Waals surface area contributed by atoms with Crippen molar-refractivity contribution in [2.75, 3.05) is 19.8 Å². The number of carbonyl (C=O) groups is 4. The lowest BCUT2D eigenvalue weighted by Gasteiger charge is -2.21. The van der Waals surface area contributed by atoms with Crippen molar-refractivity contribution in [3.63, 3.8) is 0 Å². The number of esters is 4. The van der Waals surface area contributed by atoms with Crippen molar-refractivity contribution in [2.24, 2.45) is 23.3 Å². The number of nitrogens with zero attached hydrogens (tertiary/aromatic N) is 3. The average Bonchev–Trinajstić information content (AvgIpc) is 3.62. The summed E-state index contributed by atoms with van der Waals surface area (Å²) in [6.45, 7) is 6.14. The largest absolute Gasteiger partial charge is 0.463 e. The summed E-state index contributed by atoms with van der Waals surface area (Å²) in [4.78, 5) is 71.7. The van der Waals surface area contributed by atoms with E-state index in [-0.39, 0.29) is 42.4 Å². The van der Waals surface area contributed by atoms with Gasteiger partial charge in [0.2, 0.25) is 0 Å². The van der Waals surface area contributed by atoms with E-state index in [0.717, 1.165) is 0 Å². The molecule has 238 valence electrons. The number of hydrogen-bond acceptors (Lipinski definition) is 14. The maximum atomic E-state index is 12.5. The maximum Gasteiger partial charge on any atom is 0.323 e. The van der Waals surface area contributed by atoms with Crippen LogP contribution in [-0.2, 0) is 42.9 Å². The second-order valence-corrected chi connectivity index (χ2v) is 10.9. The van der Waals surface area contributed by atoms with Crippen LogP contribution in [0.4, 0.5) is 0 Å². The monoisotopic (exact) mass is 608 g/mol. The lowest BCUT2D eigenvalue weighted by atomic mass is 10.1. The number of nitrogens with two attached hydrogens (primary N) is 2. The molecule has 16 heteroatoms. The molecule has 5 N–H and O–H groups in total. The number of nitrogens with one attached hydrogen (secondary N) is 1. The van der Waals surface area contributed by atoms with Gasteiger partial charge in [0.05, 0.1) is 31.6 Å². The molecule has 3 rings (SSSR count). The first-order chi connectivity index (χ1) is 20.4. The number of ether oxygens (including phenoxy) is 5. The average molecular weight is 609 g/mol. The number of H-pyrrole nitrogens is 1. The summed E-state index contributed by atoms with van der Waals surface area (Å²) >= 11 is 0. The number of rotatable bonds is 15. The SMILES string of the molecule is CC(C)[C@H](N)C(=O)OCC(COC(=O)[C@@H](N)C(C)C)OC(=O)CCC(=O)OC[C@@H]1CC[C@H](n2cnc3c(=O)[nH]cnc32)O1. The van der Waals surface area contributed by atoms with Crippen LogP contribution in [0.15, 0.2) is 17.4 Å². The molecule has 43 heavy (non-hydrogen) atoms. The van der Waals surface area contributed by atoms with Crippen LogP contribution in [-0.4, -0.2) is 87.5 Å². The van der Waals surface area contributed by atoms with Crippen LogP contribution in [0.5, 0.6) is 0 Å². The van der Waals surface area contributed by atoms with Crippen LogP contribution in [0.1, 0.15) is 59.6 Å². The number of fused-ring (bicyclic) bond motifs is 1. The van der Waals surface area contributed by atoms with Crippen LogP contribution in [0.2, 0.25) is 0 Å². The van der Waals surface area contributed by atoms with Gasteiger partial charge in [0.15, 0.2) is 17.3 Å². The molecule has 0 amide bonds. The van der Waals surface area contributed by atoms with E-state index in [9.17, 15) is 24.0 Å². The zero-order valence-corrected chi connectivity index (χ0v) is 24.7. The predicted molar refractivity (Wildman–Crippen MR) is 149 cm³/mol. The quantitative estimate of drug-likeness (QED) is 0.180. The molecule has 1 fully saturated rings. The van der Waals surface area contributed by atoms with Crippen molar-refractivity contribution in [2.45, 2.75) is 83.9 Å². The smallest absolute Gasteiger partial charge is 0.323 e. The number of carbonyl (C=O) groups excluding carboxylic acids is 4. The van der Waals surface area contributed by atoms with Crippen molar-refractivity contribution in [3.8, 4) is 0 Å². The van der Waals surface area contributed by atoms with E-state index >= 15 is 0 Å². The highest BCUT2D eigenvalue weighted by molar-refractivity contribution is 5.78. The van der Waals surface area contributed by atoms with Gasteiger partial charge in [0.1, 0.15) is 38.1 Å². The van der Waals surface area contributed by atoms with Gasteiger partial charge >= 0.3 is 23.9 Å². The van der Waals surface area contributed by atoms with Gasteiger partial charge in [-0.2, -0.15) is 0 Å². The Bertz CT molecular complexity index is 1290. The lowest BCUT2D eigenvalue weighted by Crippen LogP contribution is -2.41. The Morgan fingerprint density at radius 3 is 2.16 bits per heavy atom. The van der Waals surface area contributed by atoms with Crippen LogP contribution in [0.3, 0.4) is 0 Å². The maximum absolute atomic E-state index is 12.5. The normalized spacial score (nSPS) is 18.2. The first-order valence-electron chi connectivity index (χ1n) is 14.1. The number of imidazole rings is 1. The molecule has 0 unspecified atom stereocenters. The van der Waals surface area contributed by atoms with Gasteiger partial charge in [-0.25, -0.2) is 9.97 Å². The fourth-order valence-electron chi connectivity index (χ4n) is 4.00. The van der Waals surface area contributed by atoms with E-state index in [1.54, 1.807) is 32.3 Å². The fourth-order valence-corrected chi connectivity index (χ4v) is 4.00. The van der Waals surface area contributed by atoms with Crippen molar-refractivity contribution >= 4 is 35.0 Å². The third-order valence-electron chi connectivity index (χ3n) is 6.83. The van der Waals surface area contributed by atoms with E-state index in [1.807, 2.05) is 0 Å². The lowest BCUT2D eigenvalue weighted by molar-refractivity contribution is -0.169. The van der Waals surface area contributed by atoms with Crippen molar-refractivity contribution in [3.05, 3.63) is 23.0 Å². The second kappa shape index (κ2) is 15.5. The molecule has 0 aromatic carbocycles. The molecule has 3 heterocycles. The molecule has 1 saturated heterocycles. The summed E-state index contributed by atoms with van der Waals surface area (Å²) in [6.07, 6.45) is 1.37. The fraction of sp³-hybridized carbons (Fsp3) is 0.667. The van der Waals surface area contributed by atoms with Crippen LogP contribution in [0.25, 0.3) is 11.2 Å². The van der Waals surface area contributed by atoms with Gasteiger partial charge in [-0.15, -0.1) is 0 Å². The van der Waals surface area contributed by atoms with E-state index in [4.69, 9.17) is 35.2 Å². The molecular weight excluding hydrogens is 568 g/mol. The van der Waals surface area contributed by atoms with Gasteiger partial charge in [-0.05, 0) is 24.7 Å². The van der Waals surface area contributed by atoms with Crippen molar-refractivity contribution < 1.29 is 42.9 Å². The summed E-state index contributed by atoms with van der Waals surface area (Å²) in [6, 6.07) is -1.77. The Hall–Kier alpha value is -3.89. The zero-order valence-electron chi connectivity index (χ0n) is 24.7. The molecule has 0 saturated carbocycles. The summed E-state index contributed by atoms with van der Waals surface area (Å²) in [5, 5.41) is 0. The van der Waals surface area contributed by atoms with Gasteiger partial charge < -0.3 is 40.1 Å². The molecule has 0 spiro atoms. The van der Waals surface area contributed by atoms with Gasteiger partial charge in [-0.3, -0.25) is 28.5 Å². The number of aromatic amines is 1. The summed E-state index contributed by atoms with van der Waals surface area (Å²) < 4.78 is 28.5. The minimum atomic E-state index is -1.14. The minimum Gasteiger partial charge on any atom is -0.463 e. The van der Waals surface area contributed by atoms with E-state index in [1.165, 1.54) is 12.7 Å². The molecule has 0 radical (unpaired) electrons. The third-order valence-corrected chi connectivity index (χ3v) is 6.83. The second-order valence-electron chi connectivity index (χ2n) is 10.9. The number of hydrogen-bond donors (Lipinski definition) is 3. The van der Waals surface area contributed by atoms with Crippen LogP contribution >= 0.6 is 0 Å². The Balaban J connectivity index is 1.44. The molecule has 0 bridgehead atoms. The highest BCUT2D eigenvalue weighted by Gasteiger charge is 2.30. The minimum absolute atomic E-state index is 0.0359. The molecule has 2 aromatic heterocycles. The summed E-state index contributed by atoms with van der Waals surface area (Å²) in [5.41, 5.74) is 11.8. The summed E-state index contributed by atoms with van der Waals surface area (Å²) in [7, 11) is 0. The van der Waals surface area contributed by atoms with Crippen molar-refractivity contribution in [1.29, 1.82) is 0 Å². The van der Waals surface area contributed by atoms with Crippen LogP contribution < -0.4 is 17.0 Å². The van der Waals surface area contributed by atoms with Gasteiger partial charge in [0, 0.05) is 0 Å². The topological polar surface area (TPSA) is 230 Å².